The standard InChI is InChI=1S/C22H23ClN4/c23-19-9-5-4-8-18(19)22(11-14-24-15-12-22)20-10-13-25-21(27-20)26-16-17-6-2-1-3-7-17/h1-10,13,24H,11-12,14-16H2,(H,25,26,27). The van der Waals surface area contributed by atoms with Crippen molar-refractivity contribution in [2.24, 2.45) is 0 Å². The van der Waals surface area contributed by atoms with E-state index < -0.39 is 0 Å². The third-order valence-corrected chi connectivity index (χ3v) is 5.62. The van der Waals surface area contributed by atoms with E-state index in [1.165, 1.54) is 5.56 Å². The third kappa shape index (κ3) is 3.82. The SMILES string of the molecule is Clc1ccccc1C1(c2ccnc(NCc3ccccc3)n2)CCNCC1. The van der Waals surface area contributed by atoms with Crippen LogP contribution in [0.15, 0.2) is 66.9 Å². The molecule has 138 valence electrons. The van der Waals surface area contributed by atoms with E-state index in [4.69, 9.17) is 16.6 Å². The smallest absolute Gasteiger partial charge is 0.223 e. The Morgan fingerprint density at radius 1 is 0.963 bits per heavy atom. The summed E-state index contributed by atoms with van der Waals surface area (Å²) < 4.78 is 0. The zero-order chi connectivity index (χ0) is 18.5. The zero-order valence-corrected chi connectivity index (χ0v) is 15.9. The van der Waals surface area contributed by atoms with Gasteiger partial charge in [0.15, 0.2) is 0 Å². The van der Waals surface area contributed by atoms with Gasteiger partial charge in [-0.05, 0) is 49.2 Å². The van der Waals surface area contributed by atoms with Gasteiger partial charge in [-0.25, -0.2) is 9.97 Å². The van der Waals surface area contributed by atoms with Crippen molar-refractivity contribution in [1.82, 2.24) is 15.3 Å². The minimum Gasteiger partial charge on any atom is -0.350 e. The minimum atomic E-state index is -0.185. The van der Waals surface area contributed by atoms with Gasteiger partial charge in [0.1, 0.15) is 0 Å². The molecule has 0 radical (unpaired) electrons. The topological polar surface area (TPSA) is 49.8 Å². The highest BCUT2D eigenvalue weighted by Crippen LogP contribution is 2.42. The highest BCUT2D eigenvalue weighted by Gasteiger charge is 2.38. The number of anilines is 1. The van der Waals surface area contributed by atoms with E-state index in [-0.39, 0.29) is 5.41 Å². The molecule has 1 fully saturated rings. The second kappa shape index (κ2) is 8.07. The Hall–Kier alpha value is -2.43. The van der Waals surface area contributed by atoms with Gasteiger partial charge in [0.2, 0.25) is 5.95 Å². The Balaban J connectivity index is 1.66. The summed E-state index contributed by atoms with van der Waals surface area (Å²) in [5, 5.41) is 7.61. The summed E-state index contributed by atoms with van der Waals surface area (Å²) >= 11 is 6.60. The second-order valence-corrected chi connectivity index (χ2v) is 7.32. The number of nitrogens with zero attached hydrogens (tertiary/aromatic N) is 2. The molecular weight excluding hydrogens is 356 g/mol. The quantitative estimate of drug-likeness (QED) is 0.690. The molecule has 2 aromatic carbocycles. The lowest BCUT2D eigenvalue weighted by Crippen LogP contribution is -2.41. The largest absolute Gasteiger partial charge is 0.350 e. The van der Waals surface area contributed by atoms with E-state index in [9.17, 15) is 0 Å². The van der Waals surface area contributed by atoms with Crippen LogP contribution >= 0.6 is 11.6 Å². The number of aromatic nitrogens is 2. The van der Waals surface area contributed by atoms with Crippen LogP contribution in [-0.2, 0) is 12.0 Å². The van der Waals surface area contributed by atoms with Gasteiger partial charge in [-0.3, -0.25) is 0 Å². The van der Waals surface area contributed by atoms with Crippen molar-refractivity contribution >= 4 is 17.5 Å². The molecule has 0 saturated carbocycles. The highest BCUT2D eigenvalue weighted by molar-refractivity contribution is 6.31. The molecule has 0 bridgehead atoms. The normalized spacial score (nSPS) is 16.0. The first-order valence-corrected chi connectivity index (χ1v) is 9.73. The van der Waals surface area contributed by atoms with Gasteiger partial charge >= 0.3 is 0 Å². The second-order valence-electron chi connectivity index (χ2n) is 6.92. The molecule has 2 heterocycles. The fraction of sp³-hybridized carbons (Fsp3) is 0.273. The highest BCUT2D eigenvalue weighted by atomic mass is 35.5. The Bertz CT molecular complexity index is 892. The Kier molecular flexibility index (Phi) is 5.37. The van der Waals surface area contributed by atoms with E-state index in [0.29, 0.717) is 12.5 Å². The number of halogens is 1. The minimum absolute atomic E-state index is 0.185. The average Bonchev–Trinajstić information content (AvgIpc) is 2.74. The van der Waals surface area contributed by atoms with E-state index in [1.54, 1.807) is 0 Å². The fourth-order valence-electron chi connectivity index (χ4n) is 3.85. The van der Waals surface area contributed by atoms with Crippen molar-refractivity contribution in [3.63, 3.8) is 0 Å². The van der Waals surface area contributed by atoms with Crippen molar-refractivity contribution in [3.8, 4) is 0 Å². The molecule has 5 heteroatoms. The summed E-state index contributed by atoms with van der Waals surface area (Å²) in [5.41, 5.74) is 3.20. The molecule has 1 aliphatic heterocycles. The molecule has 0 amide bonds. The first kappa shape index (κ1) is 18.0. The van der Waals surface area contributed by atoms with E-state index in [0.717, 1.165) is 42.2 Å². The van der Waals surface area contributed by atoms with Crippen LogP contribution in [0.25, 0.3) is 0 Å². The first-order chi connectivity index (χ1) is 13.3. The molecule has 4 nitrogen and oxygen atoms in total. The Morgan fingerprint density at radius 2 is 1.70 bits per heavy atom. The molecule has 3 aromatic rings. The number of benzene rings is 2. The molecule has 1 aliphatic rings. The van der Waals surface area contributed by atoms with Gasteiger partial charge in [-0.1, -0.05) is 60.1 Å². The van der Waals surface area contributed by atoms with Crippen LogP contribution in [-0.4, -0.2) is 23.1 Å². The predicted molar refractivity (Wildman–Crippen MR) is 110 cm³/mol. The zero-order valence-electron chi connectivity index (χ0n) is 15.2. The van der Waals surface area contributed by atoms with Crippen LogP contribution in [0.4, 0.5) is 5.95 Å². The van der Waals surface area contributed by atoms with Crippen LogP contribution in [0.5, 0.6) is 0 Å². The van der Waals surface area contributed by atoms with Gasteiger partial charge in [0, 0.05) is 23.2 Å². The molecule has 0 spiro atoms. The van der Waals surface area contributed by atoms with Gasteiger partial charge < -0.3 is 10.6 Å². The molecule has 4 rings (SSSR count). The number of piperidine rings is 1. The number of rotatable bonds is 5. The van der Waals surface area contributed by atoms with Crippen molar-refractivity contribution in [1.29, 1.82) is 0 Å². The van der Waals surface area contributed by atoms with Gasteiger partial charge in [0.05, 0.1) is 5.69 Å². The van der Waals surface area contributed by atoms with Crippen LogP contribution in [0.1, 0.15) is 29.7 Å². The fourth-order valence-corrected chi connectivity index (χ4v) is 4.17. The third-order valence-electron chi connectivity index (χ3n) is 5.29. The van der Waals surface area contributed by atoms with Crippen LogP contribution in [0.2, 0.25) is 5.02 Å². The molecule has 0 atom stereocenters. The van der Waals surface area contributed by atoms with Crippen LogP contribution < -0.4 is 10.6 Å². The summed E-state index contributed by atoms with van der Waals surface area (Å²) in [6.07, 6.45) is 3.77. The summed E-state index contributed by atoms with van der Waals surface area (Å²) in [6.45, 7) is 2.59. The van der Waals surface area contributed by atoms with E-state index >= 15 is 0 Å². The molecule has 0 aliphatic carbocycles. The van der Waals surface area contributed by atoms with Crippen molar-refractivity contribution in [3.05, 3.63) is 88.7 Å². The Labute approximate surface area is 165 Å². The molecular formula is C22H23ClN4. The molecule has 1 saturated heterocycles. The average molecular weight is 379 g/mol. The van der Waals surface area contributed by atoms with Gasteiger partial charge in [-0.2, -0.15) is 0 Å². The molecule has 0 unspecified atom stereocenters. The van der Waals surface area contributed by atoms with Crippen molar-refractivity contribution in [2.45, 2.75) is 24.8 Å². The lowest BCUT2D eigenvalue weighted by atomic mass is 9.70. The van der Waals surface area contributed by atoms with Crippen LogP contribution in [0.3, 0.4) is 0 Å². The van der Waals surface area contributed by atoms with Gasteiger partial charge in [-0.15, -0.1) is 0 Å². The number of hydrogen-bond acceptors (Lipinski definition) is 4. The van der Waals surface area contributed by atoms with E-state index in [1.807, 2.05) is 42.6 Å². The monoisotopic (exact) mass is 378 g/mol. The van der Waals surface area contributed by atoms with Crippen LogP contribution in [0, 0.1) is 0 Å². The van der Waals surface area contributed by atoms with Crippen molar-refractivity contribution in [2.75, 3.05) is 18.4 Å². The maximum atomic E-state index is 6.60. The number of nitrogens with one attached hydrogen (secondary N) is 2. The molecule has 1 aromatic heterocycles. The summed E-state index contributed by atoms with van der Waals surface area (Å²) in [6, 6.07) is 20.4. The molecule has 2 N–H and O–H groups in total. The van der Waals surface area contributed by atoms with Gasteiger partial charge in [0.25, 0.3) is 0 Å². The number of hydrogen-bond donors (Lipinski definition) is 2. The Morgan fingerprint density at radius 3 is 2.48 bits per heavy atom. The first-order valence-electron chi connectivity index (χ1n) is 9.35. The van der Waals surface area contributed by atoms with Crippen molar-refractivity contribution < 1.29 is 0 Å². The van der Waals surface area contributed by atoms with E-state index in [2.05, 4.69) is 39.9 Å². The maximum Gasteiger partial charge on any atom is 0.223 e. The summed E-state index contributed by atoms with van der Waals surface area (Å²) in [4.78, 5) is 9.32. The summed E-state index contributed by atoms with van der Waals surface area (Å²) in [5.74, 6) is 0.654. The lowest BCUT2D eigenvalue weighted by molar-refractivity contribution is 0.354. The predicted octanol–water partition coefficient (Wildman–Crippen LogP) is 4.41. The molecule has 27 heavy (non-hydrogen) atoms. The maximum absolute atomic E-state index is 6.60. The summed E-state index contributed by atoms with van der Waals surface area (Å²) in [7, 11) is 0. The lowest BCUT2D eigenvalue weighted by Gasteiger charge is -2.38.